The molecule has 4 aliphatic heterocycles. The molecule has 2 amide bonds. The number of hydrogen-bond donors (Lipinski definition) is 2. The van der Waals surface area contributed by atoms with Crippen molar-refractivity contribution in [2.75, 3.05) is 32.8 Å². The summed E-state index contributed by atoms with van der Waals surface area (Å²) in [4.78, 5) is 44.5. The summed E-state index contributed by atoms with van der Waals surface area (Å²) in [5, 5.41) is 26.1. The number of nitrogens with zero attached hydrogens (tertiary/aromatic N) is 3. The fourth-order valence-corrected chi connectivity index (χ4v) is 10.2. The van der Waals surface area contributed by atoms with E-state index in [0.717, 1.165) is 56.4 Å². The summed E-state index contributed by atoms with van der Waals surface area (Å²) in [7, 11) is 0. The number of aromatic nitrogens is 1. The van der Waals surface area contributed by atoms with E-state index in [4.69, 9.17) is 42.1 Å². The van der Waals surface area contributed by atoms with E-state index in [2.05, 4.69) is 10.2 Å². The van der Waals surface area contributed by atoms with Gasteiger partial charge < -0.3 is 39.1 Å². The van der Waals surface area contributed by atoms with Crippen LogP contribution in [0.25, 0.3) is 0 Å². The molecule has 5 aliphatic rings. The highest BCUT2D eigenvalue weighted by Crippen LogP contribution is 2.44. The van der Waals surface area contributed by atoms with Crippen LogP contribution in [0.5, 0.6) is 17.2 Å². The average Bonchev–Trinajstić information content (AvgIpc) is 4.15. The third kappa shape index (κ3) is 10.9. The number of alkyl carbamates (subject to hydrolysis) is 1. The van der Waals surface area contributed by atoms with Crippen LogP contribution in [0, 0.1) is 17.8 Å². The molecule has 2 unspecified atom stereocenters. The Hall–Kier alpha value is -6.16. The Morgan fingerprint density at radius 3 is 2.25 bits per heavy atom. The molecule has 1 aromatic heterocycles. The lowest BCUT2D eigenvalue weighted by Crippen LogP contribution is -2.66. The summed E-state index contributed by atoms with van der Waals surface area (Å²) < 4.78 is 50.8. The van der Waals surface area contributed by atoms with E-state index >= 15 is 0 Å². The molecule has 2 N–H and O–H groups in total. The molecule has 4 aromatic carbocycles. The number of hydrogen-bond acceptors (Lipinski definition) is 10. The first-order chi connectivity index (χ1) is 32.9. The Kier molecular flexibility index (Phi) is 14.2. The molecule has 0 spiro atoms. The lowest BCUT2D eigenvalue weighted by molar-refractivity contribution is -0.904. The van der Waals surface area contributed by atoms with Gasteiger partial charge in [-0.2, -0.15) is 8.78 Å². The number of aliphatic carboxylic acids is 1. The normalized spacial score (nSPS) is 21.6. The maximum atomic E-state index is 14.5. The lowest BCUT2D eigenvalue weighted by atomic mass is 9.73. The van der Waals surface area contributed by atoms with Crippen LogP contribution >= 0.6 is 23.2 Å². The van der Waals surface area contributed by atoms with Gasteiger partial charge in [0.1, 0.15) is 28.5 Å². The van der Waals surface area contributed by atoms with Crippen LogP contribution in [-0.2, 0) is 22.6 Å². The van der Waals surface area contributed by atoms with Crippen LogP contribution < -0.4 is 29.4 Å². The predicted octanol–water partition coefficient (Wildman–Crippen LogP) is 7.61. The van der Waals surface area contributed by atoms with Crippen LogP contribution in [-0.4, -0.2) is 84.5 Å². The standard InChI is InChI=1S/C51H50Cl2F2N4O9/c52-41-25-58(64)26-42(53)39(41)23-38(34-14-15-43(67-50(54)55)44(22-34)66-28-30-12-13-30)47-40(49(61)62)24-59(47)48(60)36-10-4-6-31(20-36)29-65-37-11-5-9-35(21-37)46(33-7-2-1-3-8-33)56-51(63)68-45-27-57-18-16-32(45)17-19-57/h1-11,14-15,20-22,25-26,30,32,38,40,45-47,50H,12-13,16-19,23-24,27-29H2,(H2-,56,61,62,63,64)/t38-,40?,45-,46-,47?/m0/s1. The third-order valence-corrected chi connectivity index (χ3v) is 14.1. The van der Waals surface area contributed by atoms with E-state index in [1.807, 2.05) is 48.5 Å². The van der Waals surface area contributed by atoms with Crippen LogP contribution in [0.1, 0.15) is 75.8 Å². The highest BCUT2D eigenvalue weighted by Gasteiger charge is 2.48. The van der Waals surface area contributed by atoms with Crippen molar-refractivity contribution in [1.82, 2.24) is 15.1 Å². The molecule has 4 saturated heterocycles. The van der Waals surface area contributed by atoms with E-state index in [1.54, 1.807) is 30.3 Å². The van der Waals surface area contributed by atoms with Crippen molar-refractivity contribution in [3.63, 3.8) is 0 Å². The summed E-state index contributed by atoms with van der Waals surface area (Å²) in [5.74, 6) is -2.86. The number of halogens is 4. The van der Waals surface area contributed by atoms with Gasteiger partial charge >= 0.3 is 12.7 Å². The van der Waals surface area contributed by atoms with Gasteiger partial charge in [0.05, 0.1) is 12.6 Å². The molecule has 2 bridgehead atoms. The predicted molar refractivity (Wildman–Crippen MR) is 243 cm³/mol. The molecule has 17 heteroatoms. The van der Waals surface area contributed by atoms with Crippen LogP contribution in [0.4, 0.5) is 13.6 Å². The van der Waals surface area contributed by atoms with Gasteiger partial charge in [-0.15, -0.1) is 0 Å². The number of rotatable bonds is 18. The number of carbonyl (C=O) groups excluding carboxylic acids is 3. The average molecular weight is 972 g/mol. The number of piperidine rings is 3. The van der Waals surface area contributed by atoms with Crippen molar-refractivity contribution >= 4 is 41.2 Å². The molecular weight excluding hydrogens is 921 g/mol. The number of alkyl halides is 2. The van der Waals surface area contributed by atoms with Gasteiger partial charge in [-0.25, -0.2) is 4.79 Å². The number of benzene rings is 4. The van der Waals surface area contributed by atoms with E-state index in [-0.39, 0.29) is 65.3 Å². The van der Waals surface area contributed by atoms with Crippen LogP contribution in [0.15, 0.2) is 109 Å². The molecule has 356 valence electrons. The highest BCUT2D eigenvalue weighted by molar-refractivity contribution is 6.35. The molecule has 68 heavy (non-hydrogen) atoms. The molecule has 5 aromatic rings. The van der Waals surface area contributed by atoms with E-state index < -0.39 is 48.5 Å². The molecule has 5 atom stereocenters. The number of likely N-dealkylation sites (tertiary alicyclic amines) is 1. The van der Waals surface area contributed by atoms with E-state index in [1.165, 1.54) is 35.5 Å². The fraction of sp³-hybridized carbons (Fsp3) is 0.373. The number of ether oxygens (including phenoxy) is 4. The number of pyridine rings is 1. The minimum Gasteiger partial charge on any atom is -0.550 e. The van der Waals surface area contributed by atoms with Gasteiger partial charge in [-0.05, 0) is 116 Å². The number of nitrogens with one attached hydrogen (secondary N) is 1. The second-order valence-corrected chi connectivity index (χ2v) is 18.8. The monoisotopic (exact) mass is 970 g/mol. The van der Waals surface area contributed by atoms with Crippen molar-refractivity contribution in [3.8, 4) is 17.2 Å². The quantitative estimate of drug-likeness (QED) is 0.0663. The Labute approximate surface area is 402 Å². The largest absolute Gasteiger partial charge is 0.550 e. The van der Waals surface area contributed by atoms with Crippen molar-refractivity contribution in [3.05, 3.63) is 153 Å². The zero-order valence-corrected chi connectivity index (χ0v) is 38.4. The molecule has 10 rings (SSSR count). The number of amides is 2. The third-order valence-electron chi connectivity index (χ3n) is 13.4. The fourth-order valence-electron chi connectivity index (χ4n) is 9.64. The first kappa shape index (κ1) is 46.9. The Morgan fingerprint density at radius 2 is 1.56 bits per heavy atom. The van der Waals surface area contributed by atoms with Crippen molar-refractivity contribution in [2.24, 2.45) is 17.8 Å². The zero-order chi connectivity index (χ0) is 47.5. The molecule has 13 nitrogen and oxygen atoms in total. The Morgan fingerprint density at radius 1 is 0.824 bits per heavy atom. The highest BCUT2D eigenvalue weighted by atomic mass is 35.5. The zero-order valence-electron chi connectivity index (χ0n) is 36.9. The van der Waals surface area contributed by atoms with Crippen LogP contribution in [0.2, 0.25) is 10.0 Å². The second-order valence-electron chi connectivity index (χ2n) is 18.0. The molecule has 0 radical (unpaired) electrons. The van der Waals surface area contributed by atoms with Crippen molar-refractivity contribution < 1.29 is 57.2 Å². The first-order valence-electron chi connectivity index (χ1n) is 22.7. The lowest BCUT2D eigenvalue weighted by Gasteiger charge is -2.52. The minimum atomic E-state index is -3.13. The molecule has 5 fully saturated rings. The minimum absolute atomic E-state index is 0.0254. The Balaban J connectivity index is 0.947. The number of carboxylic acid groups (broad SMARTS) is 1. The molecule has 1 saturated carbocycles. The van der Waals surface area contributed by atoms with Gasteiger partial charge in [-0.1, -0.05) is 83.9 Å². The molecule has 1 aliphatic carbocycles. The summed E-state index contributed by atoms with van der Waals surface area (Å²) in [5.41, 5.74) is 3.35. The van der Waals surface area contributed by atoms with E-state index in [9.17, 15) is 33.5 Å². The SMILES string of the molecule is O=C(N[C@@H](c1ccccc1)c1cccc(OCc2cccc(C(=O)N3CC(C(=O)[O-])C3[C@@H](Cc3c(Cl)c[n+](O)cc3Cl)c3ccc(OC(F)F)c(OCC4CC4)c3)c2)c1)O[C@H]1CN2CCC1CC2. The van der Waals surface area contributed by atoms with Crippen molar-refractivity contribution in [1.29, 1.82) is 0 Å². The molecular formula is C51H50Cl2F2N4O9. The van der Waals surface area contributed by atoms with Gasteiger partial charge in [0, 0.05) is 52.8 Å². The number of carboxylic acids is 1. The number of fused-ring (bicyclic) bond motifs is 3. The van der Waals surface area contributed by atoms with Gasteiger partial charge in [0.25, 0.3) is 5.91 Å². The maximum absolute atomic E-state index is 14.5. The first-order valence-corrected chi connectivity index (χ1v) is 23.5. The second kappa shape index (κ2) is 20.6. The summed E-state index contributed by atoms with van der Waals surface area (Å²) in [6.45, 7) is -0.171. The van der Waals surface area contributed by atoms with Gasteiger partial charge in [-0.3, -0.25) is 14.9 Å². The van der Waals surface area contributed by atoms with Crippen LogP contribution in [0.3, 0.4) is 0 Å². The van der Waals surface area contributed by atoms with Gasteiger partial charge in [0.15, 0.2) is 11.5 Å². The topological polar surface area (TPSA) is 154 Å². The summed E-state index contributed by atoms with van der Waals surface area (Å²) >= 11 is 13.2. The van der Waals surface area contributed by atoms with Crippen molar-refractivity contribution in [2.45, 2.75) is 69.4 Å². The summed E-state index contributed by atoms with van der Waals surface area (Å²) in [6.07, 6.45) is 5.68. The maximum Gasteiger partial charge on any atom is 0.408 e. The Bertz CT molecular complexity index is 2610. The van der Waals surface area contributed by atoms with E-state index in [0.29, 0.717) is 33.1 Å². The van der Waals surface area contributed by atoms with Gasteiger partial charge in [0.2, 0.25) is 12.4 Å². The molecule has 5 heterocycles. The number of carbonyl (C=O) groups is 3. The smallest absolute Gasteiger partial charge is 0.408 e. The summed E-state index contributed by atoms with van der Waals surface area (Å²) in [6, 6.07) is 26.6.